The molecule has 3 heterocycles. The van der Waals surface area contributed by atoms with Gasteiger partial charge in [-0.3, -0.25) is 14.4 Å². The second-order valence-corrected chi connectivity index (χ2v) is 7.24. The first-order chi connectivity index (χ1) is 11.6. The van der Waals surface area contributed by atoms with E-state index in [1.165, 1.54) is 0 Å². The third-order valence-corrected chi connectivity index (χ3v) is 5.32. The molecule has 0 aromatic carbocycles. The molecule has 0 saturated carbocycles. The van der Waals surface area contributed by atoms with Crippen molar-refractivity contribution < 1.29 is 9.53 Å². The number of hydrogen-bond donors (Lipinski definition) is 0. The van der Waals surface area contributed by atoms with Crippen LogP contribution in [0.15, 0.2) is 12.3 Å². The molecule has 134 valence electrons. The van der Waals surface area contributed by atoms with Gasteiger partial charge in [-0.2, -0.15) is 5.10 Å². The number of ether oxygens (including phenoxy) is 1. The SMILES string of the molecule is CC[C@@H]1CN(C(=O)Cc2ccn(C(C)C)n2)C[C@@H]1N1CCOCC1. The first-order valence-corrected chi connectivity index (χ1v) is 9.22. The number of carbonyl (C=O) groups excluding carboxylic acids is 1. The van der Waals surface area contributed by atoms with Crippen LogP contribution < -0.4 is 0 Å². The van der Waals surface area contributed by atoms with Crippen LogP contribution in [0.1, 0.15) is 38.9 Å². The third kappa shape index (κ3) is 3.81. The van der Waals surface area contributed by atoms with Crippen molar-refractivity contribution in [3.05, 3.63) is 18.0 Å². The lowest BCUT2D eigenvalue weighted by molar-refractivity contribution is -0.129. The Bertz CT molecular complexity index is 551. The summed E-state index contributed by atoms with van der Waals surface area (Å²) in [5.41, 5.74) is 0.872. The Labute approximate surface area is 144 Å². The van der Waals surface area contributed by atoms with E-state index in [1.807, 2.05) is 21.8 Å². The van der Waals surface area contributed by atoms with E-state index in [1.54, 1.807) is 0 Å². The molecular formula is C18H30N4O2. The van der Waals surface area contributed by atoms with Crippen molar-refractivity contribution in [3.63, 3.8) is 0 Å². The Morgan fingerprint density at radius 1 is 1.33 bits per heavy atom. The molecule has 2 aliphatic rings. The summed E-state index contributed by atoms with van der Waals surface area (Å²) in [6, 6.07) is 2.77. The highest BCUT2D eigenvalue weighted by Crippen LogP contribution is 2.26. The van der Waals surface area contributed by atoms with Gasteiger partial charge in [0, 0.05) is 44.5 Å². The molecule has 6 nitrogen and oxygen atoms in total. The fourth-order valence-corrected chi connectivity index (χ4v) is 3.81. The van der Waals surface area contributed by atoms with Crippen LogP contribution in [0.3, 0.4) is 0 Å². The van der Waals surface area contributed by atoms with E-state index in [0.717, 1.165) is 51.5 Å². The average molecular weight is 334 g/mol. The van der Waals surface area contributed by atoms with Crippen molar-refractivity contribution in [2.75, 3.05) is 39.4 Å². The van der Waals surface area contributed by atoms with Gasteiger partial charge < -0.3 is 9.64 Å². The summed E-state index contributed by atoms with van der Waals surface area (Å²) in [4.78, 5) is 17.3. The minimum atomic E-state index is 0.207. The first kappa shape index (κ1) is 17.4. The van der Waals surface area contributed by atoms with Crippen LogP contribution in [0.4, 0.5) is 0 Å². The lowest BCUT2D eigenvalue weighted by atomic mass is 9.99. The Morgan fingerprint density at radius 3 is 2.71 bits per heavy atom. The number of hydrogen-bond acceptors (Lipinski definition) is 4. The van der Waals surface area contributed by atoms with Gasteiger partial charge in [0.25, 0.3) is 0 Å². The van der Waals surface area contributed by atoms with Crippen LogP contribution in [-0.2, 0) is 16.0 Å². The van der Waals surface area contributed by atoms with Crippen molar-refractivity contribution in [2.24, 2.45) is 5.92 Å². The summed E-state index contributed by atoms with van der Waals surface area (Å²) >= 11 is 0. The van der Waals surface area contributed by atoms with Crippen LogP contribution in [-0.4, -0.2) is 70.9 Å². The highest BCUT2D eigenvalue weighted by Gasteiger charge is 2.38. The summed E-state index contributed by atoms with van der Waals surface area (Å²) in [7, 11) is 0. The maximum atomic E-state index is 12.7. The molecule has 2 saturated heterocycles. The number of likely N-dealkylation sites (tertiary alicyclic amines) is 1. The first-order valence-electron chi connectivity index (χ1n) is 9.22. The van der Waals surface area contributed by atoms with E-state index in [0.29, 0.717) is 24.4 Å². The molecule has 6 heteroatoms. The van der Waals surface area contributed by atoms with E-state index in [2.05, 4.69) is 30.8 Å². The summed E-state index contributed by atoms with van der Waals surface area (Å²) in [6.07, 6.45) is 3.49. The van der Waals surface area contributed by atoms with Crippen LogP contribution in [0.5, 0.6) is 0 Å². The second kappa shape index (κ2) is 7.66. The Hall–Kier alpha value is -1.40. The number of rotatable bonds is 5. The average Bonchev–Trinajstić information content (AvgIpc) is 3.22. The van der Waals surface area contributed by atoms with Crippen LogP contribution in [0, 0.1) is 5.92 Å². The van der Waals surface area contributed by atoms with Gasteiger partial charge in [0.2, 0.25) is 5.91 Å². The summed E-state index contributed by atoms with van der Waals surface area (Å²) in [5, 5.41) is 4.51. The molecule has 0 spiro atoms. The molecule has 24 heavy (non-hydrogen) atoms. The number of amides is 1. The Morgan fingerprint density at radius 2 is 2.08 bits per heavy atom. The highest BCUT2D eigenvalue weighted by molar-refractivity contribution is 5.78. The number of carbonyl (C=O) groups is 1. The molecule has 0 N–H and O–H groups in total. The van der Waals surface area contributed by atoms with Crippen LogP contribution in [0.2, 0.25) is 0 Å². The second-order valence-electron chi connectivity index (χ2n) is 7.24. The molecule has 0 bridgehead atoms. The van der Waals surface area contributed by atoms with Gasteiger partial charge in [-0.25, -0.2) is 0 Å². The van der Waals surface area contributed by atoms with E-state index in [4.69, 9.17) is 4.74 Å². The van der Waals surface area contributed by atoms with Gasteiger partial charge in [-0.05, 0) is 25.8 Å². The zero-order chi connectivity index (χ0) is 17.1. The van der Waals surface area contributed by atoms with Crippen LogP contribution >= 0.6 is 0 Å². The quantitative estimate of drug-likeness (QED) is 0.820. The predicted molar refractivity (Wildman–Crippen MR) is 92.9 cm³/mol. The molecule has 0 unspecified atom stereocenters. The van der Waals surface area contributed by atoms with Crippen molar-refractivity contribution in [3.8, 4) is 0 Å². The maximum Gasteiger partial charge on any atom is 0.228 e. The monoisotopic (exact) mass is 334 g/mol. The Balaban J connectivity index is 1.60. The summed E-state index contributed by atoms with van der Waals surface area (Å²) in [5.74, 6) is 0.776. The molecule has 1 amide bonds. The van der Waals surface area contributed by atoms with E-state index in [-0.39, 0.29) is 5.91 Å². The smallest absolute Gasteiger partial charge is 0.228 e. The largest absolute Gasteiger partial charge is 0.379 e. The van der Waals surface area contributed by atoms with E-state index < -0.39 is 0 Å². The molecule has 1 aromatic rings. The zero-order valence-corrected chi connectivity index (χ0v) is 15.1. The lowest BCUT2D eigenvalue weighted by Crippen LogP contribution is -2.47. The molecule has 2 aliphatic heterocycles. The van der Waals surface area contributed by atoms with E-state index in [9.17, 15) is 4.79 Å². The number of nitrogens with zero attached hydrogens (tertiary/aromatic N) is 4. The lowest BCUT2D eigenvalue weighted by Gasteiger charge is -2.34. The van der Waals surface area contributed by atoms with Crippen molar-refractivity contribution >= 4 is 5.91 Å². The zero-order valence-electron chi connectivity index (χ0n) is 15.1. The summed E-state index contributed by atoms with van der Waals surface area (Å²) < 4.78 is 7.38. The normalized spacial score (nSPS) is 25.6. The minimum Gasteiger partial charge on any atom is -0.379 e. The highest BCUT2D eigenvalue weighted by atomic mass is 16.5. The molecule has 0 aliphatic carbocycles. The van der Waals surface area contributed by atoms with Crippen LogP contribution in [0.25, 0.3) is 0 Å². The minimum absolute atomic E-state index is 0.207. The number of aromatic nitrogens is 2. The predicted octanol–water partition coefficient (Wildman–Crippen LogP) is 1.58. The van der Waals surface area contributed by atoms with Gasteiger partial charge in [0.05, 0.1) is 25.3 Å². The molecular weight excluding hydrogens is 304 g/mol. The maximum absolute atomic E-state index is 12.7. The molecule has 2 fully saturated rings. The third-order valence-electron chi connectivity index (χ3n) is 5.32. The van der Waals surface area contributed by atoms with Gasteiger partial charge in [-0.15, -0.1) is 0 Å². The fraction of sp³-hybridized carbons (Fsp3) is 0.778. The van der Waals surface area contributed by atoms with E-state index >= 15 is 0 Å². The van der Waals surface area contributed by atoms with Gasteiger partial charge in [0.15, 0.2) is 0 Å². The topological polar surface area (TPSA) is 50.6 Å². The van der Waals surface area contributed by atoms with Gasteiger partial charge in [0.1, 0.15) is 0 Å². The van der Waals surface area contributed by atoms with Crippen molar-refractivity contribution in [1.29, 1.82) is 0 Å². The van der Waals surface area contributed by atoms with Crippen molar-refractivity contribution in [1.82, 2.24) is 19.6 Å². The van der Waals surface area contributed by atoms with Gasteiger partial charge >= 0.3 is 0 Å². The number of morpholine rings is 1. The molecule has 0 radical (unpaired) electrons. The van der Waals surface area contributed by atoms with Crippen molar-refractivity contribution in [2.45, 2.75) is 45.7 Å². The molecule has 2 atom stereocenters. The standard InChI is InChI=1S/C18H30N4O2/c1-4-15-12-21(13-17(15)20-7-9-24-10-8-20)18(23)11-16-5-6-22(19-16)14(2)3/h5-6,14-15,17H,4,7-13H2,1-3H3/t15-,17+/m1/s1. The fourth-order valence-electron chi connectivity index (χ4n) is 3.81. The van der Waals surface area contributed by atoms with Gasteiger partial charge in [-0.1, -0.05) is 13.3 Å². The molecule has 1 aromatic heterocycles. The Kier molecular flexibility index (Phi) is 5.56. The molecule has 3 rings (SSSR count). The summed E-state index contributed by atoms with van der Waals surface area (Å²) in [6.45, 7) is 11.8.